The third-order valence-electron chi connectivity index (χ3n) is 6.72. The number of hydrogen-bond donors (Lipinski definition) is 2. The Labute approximate surface area is 179 Å². The SMILES string of the molecule is CC(C)c1c(C2CCC(C(=O)O)CC2)c2cc3[nH]ncc3cc2n1-c1ccc(F)cc1. The van der Waals surface area contributed by atoms with E-state index in [0.29, 0.717) is 18.8 Å². The van der Waals surface area contributed by atoms with Crippen LogP contribution in [0.25, 0.3) is 27.5 Å². The molecule has 2 aromatic heterocycles. The Morgan fingerprint density at radius 2 is 1.87 bits per heavy atom. The second-order valence-corrected chi connectivity index (χ2v) is 8.98. The summed E-state index contributed by atoms with van der Waals surface area (Å²) in [5.74, 6) is -0.631. The van der Waals surface area contributed by atoms with Crippen molar-refractivity contribution in [3.8, 4) is 5.69 Å². The summed E-state index contributed by atoms with van der Waals surface area (Å²) in [5, 5.41) is 18.9. The second-order valence-electron chi connectivity index (χ2n) is 8.98. The van der Waals surface area contributed by atoms with Crippen molar-refractivity contribution in [1.82, 2.24) is 14.8 Å². The third-order valence-corrected chi connectivity index (χ3v) is 6.72. The van der Waals surface area contributed by atoms with Crippen LogP contribution in [0.1, 0.15) is 62.6 Å². The van der Waals surface area contributed by atoms with Crippen molar-refractivity contribution < 1.29 is 14.3 Å². The standard InChI is InChI=1S/C25H26FN3O2/c1-14(2)24-23(15-3-5-16(6-4-15)25(30)31)20-12-21-17(13-27-28-21)11-22(20)29(24)19-9-7-18(26)8-10-19/h7-16H,3-6H2,1-2H3,(H,27,28)(H,30,31). The van der Waals surface area contributed by atoms with E-state index in [1.807, 2.05) is 18.3 Å². The molecule has 1 fully saturated rings. The quantitative estimate of drug-likeness (QED) is 0.418. The maximum Gasteiger partial charge on any atom is 0.306 e. The molecule has 2 aromatic carbocycles. The molecular formula is C25H26FN3O2. The number of nitrogens with one attached hydrogen (secondary N) is 1. The molecule has 0 amide bonds. The average molecular weight is 420 g/mol. The smallest absolute Gasteiger partial charge is 0.306 e. The van der Waals surface area contributed by atoms with Gasteiger partial charge in [-0.2, -0.15) is 5.10 Å². The monoisotopic (exact) mass is 419 g/mol. The van der Waals surface area contributed by atoms with Gasteiger partial charge in [0.1, 0.15) is 5.82 Å². The number of carboxylic acids is 1. The molecular weight excluding hydrogens is 393 g/mol. The summed E-state index contributed by atoms with van der Waals surface area (Å²) in [5.41, 5.74) is 5.53. The van der Waals surface area contributed by atoms with Crippen LogP contribution in [0.5, 0.6) is 0 Å². The molecule has 2 N–H and O–H groups in total. The molecule has 5 rings (SSSR count). The van der Waals surface area contributed by atoms with Crippen LogP contribution in [0.2, 0.25) is 0 Å². The minimum absolute atomic E-state index is 0.247. The zero-order chi connectivity index (χ0) is 21.7. The Kier molecular flexibility index (Phi) is 4.80. The van der Waals surface area contributed by atoms with E-state index in [1.54, 1.807) is 0 Å². The molecule has 6 heteroatoms. The van der Waals surface area contributed by atoms with Crippen molar-refractivity contribution in [2.24, 2.45) is 5.92 Å². The largest absolute Gasteiger partial charge is 0.481 e. The molecule has 0 radical (unpaired) electrons. The van der Waals surface area contributed by atoms with Crippen molar-refractivity contribution in [3.63, 3.8) is 0 Å². The molecule has 31 heavy (non-hydrogen) atoms. The van der Waals surface area contributed by atoms with Gasteiger partial charge in [0.2, 0.25) is 0 Å². The fraction of sp³-hybridized carbons (Fsp3) is 0.360. The normalized spacial score (nSPS) is 19.5. The molecule has 0 spiro atoms. The number of H-pyrrole nitrogens is 1. The number of aromatic nitrogens is 3. The van der Waals surface area contributed by atoms with E-state index in [4.69, 9.17) is 0 Å². The van der Waals surface area contributed by atoms with Crippen LogP contribution in [0.15, 0.2) is 42.6 Å². The molecule has 1 aliphatic rings. The van der Waals surface area contributed by atoms with Gasteiger partial charge in [0.25, 0.3) is 0 Å². The van der Waals surface area contributed by atoms with E-state index in [1.165, 1.54) is 28.8 Å². The number of nitrogens with zero attached hydrogens (tertiary/aromatic N) is 2. The lowest BCUT2D eigenvalue weighted by Crippen LogP contribution is -2.21. The number of rotatable bonds is 4. The Morgan fingerprint density at radius 1 is 1.16 bits per heavy atom. The van der Waals surface area contributed by atoms with Crippen molar-refractivity contribution >= 4 is 27.8 Å². The third kappa shape index (κ3) is 3.30. The van der Waals surface area contributed by atoms with E-state index in [-0.39, 0.29) is 17.7 Å². The van der Waals surface area contributed by atoms with Crippen LogP contribution < -0.4 is 0 Å². The number of benzene rings is 2. The lowest BCUT2D eigenvalue weighted by molar-refractivity contribution is -0.142. The van der Waals surface area contributed by atoms with E-state index >= 15 is 0 Å². The summed E-state index contributed by atoms with van der Waals surface area (Å²) in [6.45, 7) is 4.38. The van der Waals surface area contributed by atoms with Crippen molar-refractivity contribution in [2.45, 2.75) is 51.4 Å². The van der Waals surface area contributed by atoms with Crippen LogP contribution in [0, 0.1) is 11.7 Å². The first kappa shape index (κ1) is 19.8. The van der Waals surface area contributed by atoms with Gasteiger partial charge in [0.05, 0.1) is 23.1 Å². The first-order chi connectivity index (χ1) is 14.9. The summed E-state index contributed by atoms with van der Waals surface area (Å²) in [4.78, 5) is 11.5. The van der Waals surface area contributed by atoms with Gasteiger partial charge >= 0.3 is 5.97 Å². The lowest BCUT2D eigenvalue weighted by Gasteiger charge is -2.28. The number of carboxylic acid groups (broad SMARTS) is 1. The number of aromatic amines is 1. The Morgan fingerprint density at radius 3 is 2.52 bits per heavy atom. The second kappa shape index (κ2) is 7.52. The molecule has 4 aromatic rings. The molecule has 0 atom stereocenters. The minimum Gasteiger partial charge on any atom is -0.481 e. The molecule has 0 unspecified atom stereocenters. The first-order valence-corrected chi connectivity index (χ1v) is 10.9. The average Bonchev–Trinajstić information content (AvgIpc) is 3.34. The molecule has 160 valence electrons. The maximum absolute atomic E-state index is 13.7. The Balaban J connectivity index is 1.76. The van der Waals surface area contributed by atoms with Crippen LogP contribution in [0.4, 0.5) is 4.39 Å². The van der Waals surface area contributed by atoms with E-state index in [9.17, 15) is 14.3 Å². The zero-order valence-corrected chi connectivity index (χ0v) is 17.7. The number of hydrogen-bond acceptors (Lipinski definition) is 2. The maximum atomic E-state index is 13.7. The number of halogens is 1. The van der Waals surface area contributed by atoms with Gasteiger partial charge in [-0.3, -0.25) is 9.89 Å². The molecule has 5 nitrogen and oxygen atoms in total. The zero-order valence-electron chi connectivity index (χ0n) is 17.7. The van der Waals surface area contributed by atoms with Gasteiger partial charge in [-0.25, -0.2) is 4.39 Å². The van der Waals surface area contributed by atoms with Crippen LogP contribution in [-0.4, -0.2) is 25.8 Å². The van der Waals surface area contributed by atoms with Crippen LogP contribution in [-0.2, 0) is 4.79 Å². The molecule has 0 saturated heterocycles. The topological polar surface area (TPSA) is 70.9 Å². The van der Waals surface area contributed by atoms with Gasteiger partial charge in [0, 0.05) is 22.2 Å². The van der Waals surface area contributed by atoms with Gasteiger partial charge in [-0.15, -0.1) is 0 Å². The van der Waals surface area contributed by atoms with E-state index in [0.717, 1.165) is 34.9 Å². The van der Waals surface area contributed by atoms with Gasteiger partial charge in [-0.05, 0) is 79.5 Å². The molecule has 1 saturated carbocycles. The van der Waals surface area contributed by atoms with Crippen molar-refractivity contribution in [1.29, 1.82) is 0 Å². The number of aliphatic carboxylic acids is 1. The van der Waals surface area contributed by atoms with Gasteiger partial charge < -0.3 is 9.67 Å². The van der Waals surface area contributed by atoms with Gasteiger partial charge in [-0.1, -0.05) is 13.8 Å². The highest BCUT2D eigenvalue weighted by molar-refractivity contribution is 5.99. The summed E-state index contributed by atoms with van der Waals surface area (Å²) in [6.07, 6.45) is 4.95. The highest BCUT2D eigenvalue weighted by Gasteiger charge is 2.32. The first-order valence-electron chi connectivity index (χ1n) is 10.9. The van der Waals surface area contributed by atoms with Crippen molar-refractivity contribution in [2.75, 3.05) is 0 Å². The number of carbonyl (C=O) groups is 1. The highest BCUT2D eigenvalue weighted by Crippen LogP contribution is 2.45. The summed E-state index contributed by atoms with van der Waals surface area (Å²) < 4.78 is 15.9. The van der Waals surface area contributed by atoms with Crippen molar-refractivity contribution in [3.05, 3.63) is 59.7 Å². The Bertz CT molecular complexity index is 1260. The van der Waals surface area contributed by atoms with E-state index < -0.39 is 5.97 Å². The Hall–Kier alpha value is -3.15. The van der Waals surface area contributed by atoms with E-state index in [2.05, 4.69) is 40.7 Å². The number of fused-ring (bicyclic) bond motifs is 2. The van der Waals surface area contributed by atoms with Crippen LogP contribution >= 0.6 is 0 Å². The van der Waals surface area contributed by atoms with Crippen LogP contribution in [0.3, 0.4) is 0 Å². The highest BCUT2D eigenvalue weighted by atomic mass is 19.1. The predicted octanol–water partition coefficient (Wildman–Crippen LogP) is 6.13. The fourth-order valence-corrected chi connectivity index (χ4v) is 5.26. The lowest BCUT2D eigenvalue weighted by atomic mass is 9.77. The fourth-order valence-electron chi connectivity index (χ4n) is 5.26. The molecule has 2 heterocycles. The summed E-state index contributed by atoms with van der Waals surface area (Å²) in [7, 11) is 0. The summed E-state index contributed by atoms with van der Waals surface area (Å²) >= 11 is 0. The molecule has 1 aliphatic carbocycles. The minimum atomic E-state index is -0.685. The predicted molar refractivity (Wildman–Crippen MR) is 119 cm³/mol. The summed E-state index contributed by atoms with van der Waals surface area (Å²) in [6, 6.07) is 11.0. The molecule has 0 bridgehead atoms. The van der Waals surface area contributed by atoms with Gasteiger partial charge in [0.15, 0.2) is 0 Å². The molecule has 0 aliphatic heterocycles.